The number of aromatic nitrogens is 3. The van der Waals surface area contributed by atoms with Crippen LogP contribution < -0.4 is 11.1 Å². The molecule has 1 atom stereocenters. The van der Waals surface area contributed by atoms with Gasteiger partial charge in [0.2, 0.25) is 5.91 Å². The maximum Gasteiger partial charge on any atom is 0.241 e. The lowest BCUT2D eigenvalue weighted by Crippen LogP contribution is -2.36. The normalized spacial score (nSPS) is 11.8. The highest BCUT2D eigenvalue weighted by Gasteiger charge is 2.15. The molecule has 0 bridgehead atoms. The number of hydrogen-bond acceptors (Lipinski definition) is 4. The summed E-state index contributed by atoms with van der Waals surface area (Å²) >= 11 is 0. The number of anilines is 1. The van der Waals surface area contributed by atoms with Gasteiger partial charge in [0.05, 0.1) is 6.04 Å². The van der Waals surface area contributed by atoms with Crippen molar-refractivity contribution in [3.8, 4) is 11.4 Å². The first-order valence-electron chi connectivity index (χ1n) is 6.58. The number of nitrogens with zero attached hydrogens (tertiary/aromatic N) is 2. The molecule has 0 aliphatic carbocycles. The molecule has 2 rings (SSSR count). The van der Waals surface area contributed by atoms with Crippen LogP contribution in [0.5, 0.6) is 0 Å². The number of halogens is 1. The lowest BCUT2D eigenvalue weighted by Gasteiger charge is -2.14. The van der Waals surface area contributed by atoms with Crippen LogP contribution in [-0.4, -0.2) is 27.1 Å². The summed E-state index contributed by atoms with van der Waals surface area (Å²) in [4.78, 5) is 16.0. The Morgan fingerprint density at radius 1 is 1.33 bits per heavy atom. The number of benzene rings is 1. The molecule has 0 saturated carbocycles. The third-order valence-corrected chi connectivity index (χ3v) is 2.90. The summed E-state index contributed by atoms with van der Waals surface area (Å²) < 4.78 is 0. The number of nitrogens with two attached hydrogens (primary N) is 1. The van der Waals surface area contributed by atoms with Crippen molar-refractivity contribution < 1.29 is 4.79 Å². The summed E-state index contributed by atoms with van der Waals surface area (Å²) in [6.45, 7) is 4.08. The van der Waals surface area contributed by atoms with E-state index in [9.17, 15) is 4.79 Å². The molecule has 7 heteroatoms. The number of aromatic amines is 1. The smallest absolute Gasteiger partial charge is 0.241 e. The van der Waals surface area contributed by atoms with Gasteiger partial charge in [-0.2, -0.15) is 5.10 Å². The molecule has 4 N–H and O–H groups in total. The molecule has 0 aliphatic rings. The van der Waals surface area contributed by atoms with Gasteiger partial charge in [0.1, 0.15) is 6.33 Å². The number of rotatable bonds is 5. The Balaban J connectivity index is 0.00000220. The average molecular weight is 310 g/mol. The van der Waals surface area contributed by atoms with E-state index >= 15 is 0 Å². The maximum atomic E-state index is 11.9. The Morgan fingerprint density at radius 2 is 2.00 bits per heavy atom. The molecule has 6 nitrogen and oxygen atoms in total. The first-order chi connectivity index (χ1) is 9.56. The molecule has 0 spiro atoms. The van der Waals surface area contributed by atoms with Gasteiger partial charge in [-0.25, -0.2) is 4.98 Å². The SMILES string of the molecule is CC(C)C[C@H](N)C(=O)Nc1ccc(-c2ncn[nH]2)cc1.Cl. The van der Waals surface area contributed by atoms with Gasteiger partial charge in [-0.1, -0.05) is 13.8 Å². The van der Waals surface area contributed by atoms with Crippen molar-refractivity contribution in [2.75, 3.05) is 5.32 Å². The predicted octanol–water partition coefficient (Wildman–Crippen LogP) is 2.21. The minimum absolute atomic E-state index is 0. The van der Waals surface area contributed by atoms with Crippen LogP contribution in [0.3, 0.4) is 0 Å². The zero-order chi connectivity index (χ0) is 14.5. The van der Waals surface area contributed by atoms with E-state index in [2.05, 4.69) is 20.5 Å². The molecule has 1 aromatic carbocycles. The highest BCUT2D eigenvalue weighted by Crippen LogP contribution is 2.17. The molecule has 0 radical (unpaired) electrons. The van der Waals surface area contributed by atoms with Gasteiger partial charge in [0.25, 0.3) is 0 Å². The van der Waals surface area contributed by atoms with Crippen molar-refractivity contribution in [2.24, 2.45) is 11.7 Å². The number of H-pyrrole nitrogens is 1. The second kappa shape index (κ2) is 7.75. The van der Waals surface area contributed by atoms with Crippen LogP contribution in [0.2, 0.25) is 0 Å². The van der Waals surface area contributed by atoms with Gasteiger partial charge >= 0.3 is 0 Å². The van der Waals surface area contributed by atoms with Crippen molar-refractivity contribution in [1.82, 2.24) is 15.2 Å². The van der Waals surface area contributed by atoms with Crippen molar-refractivity contribution >= 4 is 24.0 Å². The monoisotopic (exact) mass is 309 g/mol. The highest BCUT2D eigenvalue weighted by atomic mass is 35.5. The number of carbonyl (C=O) groups is 1. The van der Waals surface area contributed by atoms with Crippen molar-refractivity contribution in [3.05, 3.63) is 30.6 Å². The first kappa shape index (κ1) is 17.1. The second-order valence-electron chi connectivity index (χ2n) is 5.14. The number of nitrogens with one attached hydrogen (secondary N) is 2. The average Bonchev–Trinajstić information content (AvgIpc) is 2.92. The van der Waals surface area contributed by atoms with Crippen LogP contribution in [0.25, 0.3) is 11.4 Å². The quantitative estimate of drug-likeness (QED) is 0.789. The largest absolute Gasteiger partial charge is 0.325 e. The summed E-state index contributed by atoms with van der Waals surface area (Å²) in [5.41, 5.74) is 7.47. The molecule has 114 valence electrons. The van der Waals surface area contributed by atoms with E-state index in [4.69, 9.17) is 5.73 Å². The van der Waals surface area contributed by atoms with Gasteiger partial charge in [0, 0.05) is 11.3 Å². The third kappa shape index (κ3) is 4.84. The molecule has 2 aromatic rings. The zero-order valence-electron chi connectivity index (χ0n) is 12.0. The molecular weight excluding hydrogens is 290 g/mol. The summed E-state index contributed by atoms with van der Waals surface area (Å²) in [6.07, 6.45) is 2.12. The fourth-order valence-corrected chi connectivity index (χ4v) is 1.91. The van der Waals surface area contributed by atoms with E-state index in [1.54, 1.807) is 0 Å². The lowest BCUT2D eigenvalue weighted by molar-refractivity contribution is -0.117. The Bertz CT molecular complexity index is 553. The summed E-state index contributed by atoms with van der Waals surface area (Å²) in [7, 11) is 0. The van der Waals surface area contributed by atoms with E-state index in [-0.39, 0.29) is 18.3 Å². The number of amides is 1. The number of hydrogen-bond donors (Lipinski definition) is 3. The molecule has 0 unspecified atom stereocenters. The Kier molecular flexibility index (Phi) is 6.33. The van der Waals surface area contributed by atoms with E-state index in [1.165, 1.54) is 6.33 Å². The summed E-state index contributed by atoms with van der Waals surface area (Å²) in [5, 5.41) is 9.39. The first-order valence-corrected chi connectivity index (χ1v) is 6.58. The Labute approximate surface area is 129 Å². The van der Waals surface area contributed by atoms with Crippen LogP contribution in [0, 0.1) is 5.92 Å². The van der Waals surface area contributed by atoms with Crippen LogP contribution in [0.1, 0.15) is 20.3 Å². The fraction of sp³-hybridized carbons (Fsp3) is 0.357. The molecule has 1 aromatic heterocycles. The van der Waals surface area contributed by atoms with Gasteiger partial charge in [-0.3, -0.25) is 9.89 Å². The molecule has 21 heavy (non-hydrogen) atoms. The highest BCUT2D eigenvalue weighted by molar-refractivity contribution is 5.94. The molecule has 0 fully saturated rings. The molecule has 0 saturated heterocycles. The van der Waals surface area contributed by atoms with Crippen molar-refractivity contribution in [2.45, 2.75) is 26.3 Å². The van der Waals surface area contributed by atoms with Gasteiger partial charge in [0.15, 0.2) is 5.82 Å². The fourth-order valence-electron chi connectivity index (χ4n) is 1.91. The standard InChI is InChI=1S/C14H19N5O.ClH/c1-9(2)7-12(15)14(20)18-11-5-3-10(4-6-11)13-16-8-17-19-13;/h3-6,8-9,12H,7,15H2,1-2H3,(H,18,20)(H,16,17,19);1H/t12-;/m0./s1. The Hall–Kier alpha value is -1.92. The van der Waals surface area contributed by atoms with E-state index in [0.717, 1.165) is 11.3 Å². The third-order valence-electron chi connectivity index (χ3n) is 2.90. The molecule has 0 aliphatic heterocycles. The van der Waals surface area contributed by atoms with E-state index in [1.807, 2.05) is 38.1 Å². The molecule has 1 heterocycles. The lowest BCUT2D eigenvalue weighted by atomic mass is 10.0. The molecular formula is C14H20ClN5O. The summed E-state index contributed by atoms with van der Waals surface area (Å²) in [6, 6.07) is 6.88. The van der Waals surface area contributed by atoms with E-state index in [0.29, 0.717) is 18.2 Å². The maximum absolute atomic E-state index is 11.9. The van der Waals surface area contributed by atoms with Crippen molar-refractivity contribution in [3.63, 3.8) is 0 Å². The van der Waals surface area contributed by atoms with E-state index < -0.39 is 6.04 Å². The second-order valence-corrected chi connectivity index (χ2v) is 5.14. The van der Waals surface area contributed by atoms with Crippen molar-refractivity contribution in [1.29, 1.82) is 0 Å². The van der Waals surface area contributed by atoms with Crippen LogP contribution in [0.15, 0.2) is 30.6 Å². The minimum Gasteiger partial charge on any atom is -0.325 e. The van der Waals surface area contributed by atoms with Gasteiger partial charge in [-0.15, -0.1) is 12.4 Å². The van der Waals surface area contributed by atoms with Gasteiger partial charge < -0.3 is 11.1 Å². The van der Waals surface area contributed by atoms with Crippen LogP contribution in [-0.2, 0) is 4.79 Å². The minimum atomic E-state index is -0.482. The van der Waals surface area contributed by atoms with Crippen LogP contribution >= 0.6 is 12.4 Å². The van der Waals surface area contributed by atoms with Crippen LogP contribution in [0.4, 0.5) is 5.69 Å². The number of carbonyl (C=O) groups excluding carboxylic acids is 1. The molecule has 1 amide bonds. The predicted molar refractivity (Wildman–Crippen MR) is 85.1 cm³/mol. The zero-order valence-corrected chi connectivity index (χ0v) is 12.9. The topological polar surface area (TPSA) is 96.7 Å². The Morgan fingerprint density at radius 3 is 2.52 bits per heavy atom. The van der Waals surface area contributed by atoms with Gasteiger partial charge in [-0.05, 0) is 36.6 Å². The summed E-state index contributed by atoms with van der Waals surface area (Å²) in [5.74, 6) is 0.926.